The highest BCUT2D eigenvalue weighted by molar-refractivity contribution is 6.30. The van der Waals surface area contributed by atoms with Gasteiger partial charge in [-0.2, -0.15) is 4.80 Å². The average molecular weight is 371 g/mol. The molecule has 26 heavy (non-hydrogen) atoms. The first-order valence-electron chi connectivity index (χ1n) is 7.71. The number of nitrogens with one attached hydrogen (secondary N) is 2. The number of benzene rings is 2. The fraction of sp³-hybridized carbons (Fsp3) is 0.118. The second-order valence-corrected chi connectivity index (χ2v) is 5.96. The Bertz CT molecular complexity index is 921. The van der Waals surface area contributed by atoms with Gasteiger partial charge in [-0.3, -0.25) is 20.4 Å². The number of hydrogen-bond acceptors (Lipinski definition) is 5. The minimum Gasteiger partial charge on any atom is -0.271 e. The van der Waals surface area contributed by atoms with Gasteiger partial charge in [0.15, 0.2) is 0 Å². The highest BCUT2D eigenvalue weighted by Crippen LogP contribution is 2.13. The Morgan fingerprint density at radius 1 is 1.04 bits per heavy atom. The van der Waals surface area contributed by atoms with Gasteiger partial charge in [0, 0.05) is 16.1 Å². The number of carbonyl (C=O) groups is 2. The highest BCUT2D eigenvalue weighted by atomic mass is 35.5. The third kappa shape index (κ3) is 4.42. The molecule has 0 saturated carbocycles. The smallest absolute Gasteiger partial charge is 0.269 e. The molecule has 9 heteroatoms. The lowest BCUT2D eigenvalue weighted by Crippen LogP contribution is -2.43. The zero-order chi connectivity index (χ0) is 18.5. The van der Waals surface area contributed by atoms with Gasteiger partial charge < -0.3 is 0 Å². The topological polar surface area (TPSA) is 102 Å². The lowest BCUT2D eigenvalue weighted by atomic mass is 10.1. The maximum absolute atomic E-state index is 11.9. The van der Waals surface area contributed by atoms with Crippen LogP contribution in [0.5, 0.6) is 0 Å². The van der Waals surface area contributed by atoms with Crippen LogP contribution in [-0.2, 0) is 11.3 Å². The molecule has 0 fully saturated rings. The molecule has 0 aliphatic carbocycles. The summed E-state index contributed by atoms with van der Waals surface area (Å²) in [6.07, 6.45) is 0. The van der Waals surface area contributed by atoms with Gasteiger partial charge >= 0.3 is 0 Å². The molecule has 3 rings (SSSR count). The van der Waals surface area contributed by atoms with Crippen LogP contribution in [0.15, 0.2) is 48.5 Å². The lowest BCUT2D eigenvalue weighted by molar-refractivity contribution is -0.122. The summed E-state index contributed by atoms with van der Waals surface area (Å²) >= 11 is 5.76. The van der Waals surface area contributed by atoms with E-state index in [9.17, 15) is 9.59 Å². The summed E-state index contributed by atoms with van der Waals surface area (Å²) in [5.41, 5.74) is 6.91. The van der Waals surface area contributed by atoms with E-state index in [1.54, 1.807) is 24.3 Å². The van der Waals surface area contributed by atoms with Gasteiger partial charge in [-0.05, 0) is 36.4 Å². The first-order chi connectivity index (χ1) is 12.5. The molecule has 0 radical (unpaired) electrons. The quantitative estimate of drug-likeness (QED) is 0.681. The minimum absolute atomic E-state index is 0.181. The van der Waals surface area contributed by atoms with E-state index in [1.807, 2.05) is 31.2 Å². The lowest BCUT2D eigenvalue weighted by Gasteiger charge is -2.06. The molecular formula is C17H15ClN6O2. The number of tetrazole rings is 1. The number of hydrogen-bond donors (Lipinski definition) is 2. The maximum atomic E-state index is 11.9. The number of halogens is 1. The number of rotatable bonds is 4. The van der Waals surface area contributed by atoms with E-state index in [0.717, 1.165) is 15.9 Å². The summed E-state index contributed by atoms with van der Waals surface area (Å²) in [7, 11) is 0. The normalized spacial score (nSPS) is 10.4. The Hall–Kier alpha value is -3.26. The number of nitrogens with zero attached hydrogens (tertiary/aromatic N) is 4. The van der Waals surface area contributed by atoms with Crippen molar-refractivity contribution in [3.63, 3.8) is 0 Å². The number of carbonyl (C=O) groups excluding carboxylic acids is 2. The van der Waals surface area contributed by atoms with Crippen LogP contribution in [0.4, 0.5) is 0 Å². The molecule has 2 aromatic carbocycles. The molecule has 1 aromatic heterocycles. The van der Waals surface area contributed by atoms with Crippen LogP contribution in [-0.4, -0.2) is 32.0 Å². The molecule has 0 aliphatic rings. The number of hydrazine groups is 1. The molecule has 0 unspecified atom stereocenters. The Balaban J connectivity index is 1.54. The fourth-order valence-corrected chi connectivity index (χ4v) is 2.22. The van der Waals surface area contributed by atoms with E-state index in [4.69, 9.17) is 11.6 Å². The van der Waals surface area contributed by atoms with E-state index < -0.39 is 11.8 Å². The molecule has 1 heterocycles. The molecule has 0 aliphatic heterocycles. The van der Waals surface area contributed by atoms with Crippen molar-refractivity contribution in [1.29, 1.82) is 0 Å². The van der Waals surface area contributed by atoms with Crippen LogP contribution in [0.2, 0.25) is 5.02 Å². The van der Waals surface area contributed by atoms with Gasteiger partial charge in [0.2, 0.25) is 5.82 Å². The monoisotopic (exact) mass is 370 g/mol. The van der Waals surface area contributed by atoms with Gasteiger partial charge in [0.25, 0.3) is 11.8 Å². The van der Waals surface area contributed by atoms with Crippen molar-refractivity contribution >= 4 is 23.4 Å². The maximum Gasteiger partial charge on any atom is 0.269 e. The van der Waals surface area contributed by atoms with Crippen LogP contribution in [0, 0.1) is 6.92 Å². The molecule has 2 amide bonds. The molecule has 0 bridgehead atoms. The molecule has 132 valence electrons. The zero-order valence-electron chi connectivity index (χ0n) is 13.8. The highest BCUT2D eigenvalue weighted by Gasteiger charge is 2.11. The predicted octanol–water partition coefficient (Wildman–Crippen LogP) is 1.76. The van der Waals surface area contributed by atoms with E-state index >= 15 is 0 Å². The second-order valence-electron chi connectivity index (χ2n) is 5.52. The average Bonchev–Trinajstić information content (AvgIpc) is 3.09. The van der Waals surface area contributed by atoms with Gasteiger partial charge in [-0.15, -0.1) is 10.2 Å². The van der Waals surface area contributed by atoms with Crippen molar-refractivity contribution in [2.24, 2.45) is 0 Å². The third-order valence-electron chi connectivity index (χ3n) is 3.47. The first kappa shape index (κ1) is 17.6. The van der Waals surface area contributed by atoms with E-state index in [2.05, 4.69) is 26.3 Å². The largest absolute Gasteiger partial charge is 0.271 e. The summed E-state index contributed by atoms with van der Waals surface area (Å²) in [6.45, 7) is 1.80. The Labute approximate surface area is 154 Å². The Morgan fingerprint density at radius 3 is 2.42 bits per heavy atom. The van der Waals surface area contributed by atoms with Crippen molar-refractivity contribution in [2.75, 3.05) is 0 Å². The van der Waals surface area contributed by atoms with Crippen LogP contribution >= 0.6 is 11.6 Å². The van der Waals surface area contributed by atoms with E-state index in [0.29, 0.717) is 16.4 Å². The predicted molar refractivity (Wildman–Crippen MR) is 95.1 cm³/mol. The SMILES string of the molecule is Cc1ccc(-c2nnn(CC(=O)NNC(=O)c3ccc(Cl)cc3)n2)cc1. The molecule has 3 aromatic rings. The van der Waals surface area contributed by atoms with Crippen molar-refractivity contribution < 1.29 is 9.59 Å². The molecule has 0 spiro atoms. The second kappa shape index (κ2) is 7.75. The van der Waals surface area contributed by atoms with Crippen LogP contribution in [0.25, 0.3) is 11.4 Å². The van der Waals surface area contributed by atoms with Crippen molar-refractivity contribution in [3.8, 4) is 11.4 Å². The van der Waals surface area contributed by atoms with Crippen molar-refractivity contribution in [1.82, 2.24) is 31.1 Å². The van der Waals surface area contributed by atoms with Gasteiger partial charge in [-0.25, -0.2) is 0 Å². The first-order valence-corrected chi connectivity index (χ1v) is 8.08. The van der Waals surface area contributed by atoms with Crippen molar-refractivity contribution in [2.45, 2.75) is 13.5 Å². The van der Waals surface area contributed by atoms with E-state index in [-0.39, 0.29) is 6.54 Å². The summed E-state index contributed by atoms with van der Waals surface area (Å²) in [4.78, 5) is 25.0. The molecule has 0 atom stereocenters. The standard InChI is InChI=1S/C17H15ClN6O2/c1-11-2-4-12(5-3-11)16-20-23-24(22-16)10-15(25)19-21-17(26)13-6-8-14(18)9-7-13/h2-9H,10H2,1H3,(H,19,25)(H,21,26). The van der Waals surface area contributed by atoms with Gasteiger partial charge in [0.05, 0.1) is 0 Å². The van der Waals surface area contributed by atoms with Crippen LogP contribution < -0.4 is 10.9 Å². The molecule has 8 nitrogen and oxygen atoms in total. The van der Waals surface area contributed by atoms with Gasteiger partial charge in [0.1, 0.15) is 6.54 Å². The summed E-state index contributed by atoms with van der Waals surface area (Å²) in [5.74, 6) is -0.523. The van der Waals surface area contributed by atoms with Crippen LogP contribution in [0.3, 0.4) is 0 Å². The molecular weight excluding hydrogens is 356 g/mol. The minimum atomic E-state index is -0.486. The zero-order valence-corrected chi connectivity index (χ0v) is 14.6. The molecule has 0 saturated heterocycles. The number of aryl methyl sites for hydroxylation is 1. The summed E-state index contributed by atoms with van der Waals surface area (Å²) in [5, 5.41) is 12.4. The third-order valence-corrected chi connectivity index (χ3v) is 3.72. The number of amides is 2. The Kier molecular flexibility index (Phi) is 5.23. The summed E-state index contributed by atoms with van der Waals surface area (Å²) in [6, 6.07) is 13.9. The fourth-order valence-electron chi connectivity index (χ4n) is 2.10. The number of aromatic nitrogens is 4. The van der Waals surface area contributed by atoms with Gasteiger partial charge in [-0.1, -0.05) is 41.4 Å². The van der Waals surface area contributed by atoms with Crippen LogP contribution in [0.1, 0.15) is 15.9 Å². The van der Waals surface area contributed by atoms with E-state index in [1.165, 1.54) is 0 Å². The van der Waals surface area contributed by atoms with Crippen molar-refractivity contribution in [3.05, 3.63) is 64.7 Å². The summed E-state index contributed by atoms with van der Waals surface area (Å²) < 4.78 is 0. The Morgan fingerprint density at radius 2 is 1.73 bits per heavy atom. The molecule has 2 N–H and O–H groups in total.